The normalized spacial score (nSPS) is 20.0. The molecule has 110 valence electrons. The van der Waals surface area contributed by atoms with Crippen LogP contribution in [0.25, 0.3) is 21.9 Å². The predicted octanol–water partition coefficient (Wildman–Crippen LogP) is 3.22. The number of hydrogen-bond acceptors (Lipinski definition) is 3. The van der Waals surface area contributed by atoms with E-state index in [1.165, 1.54) is 0 Å². The van der Waals surface area contributed by atoms with E-state index in [4.69, 9.17) is 0 Å². The van der Waals surface area contributed by atoms with Crippen molar-refractivity contribution in [3.8, 4) is 11.1 Å². The number of pyridine rings is 1. The zero-order valence-corrected chi connectivity index (χ0v) is 12.2. The van der Waals surface area contributed by atoms with Crippen molar-refractivity contribution in [3.05, 3.63) is 42.9 Å². The average Bonchev–Trinajstić information content (AvgIpc) is 3.02. The van der Waals surface area contributed by atoms with E-state index in [2.05, 4.69) is 33.5 Å². The van der Waals surface area contributed by atoms with Gasteiger partial charge in [-0.1, -0.05) is 19.1 Å². The van der Waals surface area contributed by atoms with Gasteiger partial charge in [-0.3, -0.25) is 9.89 Å². The Morgan fingerprint density at radius 2 is 2.09 bits per heavy atom. The molecule has 0 unspecified atom stereocenters. The van der Waals surface area contributed by atoms with Gasteiger partial charge in [-0.15, -0.1) is 0 Å². The standard InChI is InChI=1S/C17H16N4O/c1-10-4-15(10)17(22)21-16-6-13-5-11(14-8-19-20-9-14)2-3-12(13)7-18-16/h2-3,5-10,15H,4H2,1H3,(H,19,20)(H,18,21,22)/t10-,15-/m0/s1. The van der Waals surface area contributed by atoms with Crippen LogP contribution < -0.4 is 5.32 Å². The van der Waals surface area contributed by atoms with Crippen molar-refractivity contribution in [3.63, 3.8) is 0 Å². The molecule has 1 aliphatic carbocycles. The quantitative estimate of drug-likeness (QED) is 0.778. The van der Waals surface area contributed by atoms with Crippen LogP contribution in [0.1, 0.15) is 13.3 Å². The van der Waals surface area contributed by atoms with E-state index >= 15 is 0 Å². The summed E-state index contributed by atoms with van der Waals surface area (Å²) in [5, 5.41) is 11.8. The van der Waals surface area contributed by atoms with Gasteiger partial charge in [0.05, 0.1) is 6.20 Å². The number of rotatable bonds is 3. The molecule has 0 saturated heterocycles. The number of carbonyl (C=O) groups is 1. The molecular weight excluding hydrogens is 276 g/mol. The first kappa shape index (κ1) is 13.0. The average molecular weight is 292 g/mol. The highest BCUT2D eigenvalue weighted by Gasteiger charge is 2.39. The summed E-state index contributed by atoms with van der Waals surface area (Å²) in [6.45, 7) is 2.09. The number of nitrogens with one attached hydrogen (secondary N) is 2. The maximum absolute atomic E-state index is 12.0. The summed E-state index contributed by atoms with van der Waals surface area (Å²) in [4.78, 5) is 16.3. The van der Waals surface area contributed by atoms with Gasteiger partial charge in [-0.25, -0.2) is 4.98 Å². The number of aromatic nitrogens is 3. The third-order valence-electron chi connectivity index (χ3n) is 4.25. The first-order chi connectivity index (χ1) is 10.7. The van der Waals surface area contributed by atoms with E-state index in [1.54, 1.807) is 12.4 Å². The molecule has 5 heteroatoms. The summed E-state index contributed by atoms with van der Waals surface area (Å²) >= 11 is 0. The van der Waals surface area contributed by atoms with Crippen molar-refractivity contribution < 1.29 is 4.79 Å². The third-order valence-corrected chi connectivity index (χ3v) is 4.25. The number of fused-ring (bicyclic) bond motifs is 1. The fourth-order valence-electron chi connectivity index (χ4n) is 2.70. The maximum atomic E-state index is 12.0. The van der Waals surface area contributed by atoms with Gasteiger partial charge in [0.15, 0.2) is 0 Å². The number of hydrogen-bond donors (Lipinski definition) is 2. The smallest absolute Gasteiger partial charge is 0.228 e. The monoisotopic (exact) mass is 292 g/mol. The molecule has 0 spiro atoms. The molecule has 1 saturated carbocycles. The van der Waals surface area contributed by atoms with Gasteiger partial charge in [0.1, 0.15) is 5.82 Å². The van der Waals surface area contributed by atoms with Crippen LogP contribution in [-0.4, -0.2) is 21.1 Å². The molecule has 2 N–H and O–H groups in total. The van der Waals surface area contributed by atoms with Crippen LogP contribution >= 0.6 is 0 Å². The SMILES string of the molecule is C[C@H]1C[C@@H]1C(=O)Nc1cc2cc(-c3cn[nH]c3)ccc2cn1. The Labute approximate surface area is 127 Å². The van der Waals surface area contributed by atoms with Gasteiger partial charge in [-0.2, -0.15) is 5.10 Å². The second-order valence-electron chi connectivity index (χ2n) is 5.93. The van der Waals surface area contributed by atoms with Crippen molar-refractivity contribution in [1.29, 1.82) is 0 Å². The lowest BCUT2D eigenvalue weighted by Crippen LogP contribution is -2.15. The van der Waals surface area contributed by atoms with Gasteiger partial charge in [0, 0.05) is 29.3 Å². The highest BCUT2D eigenvalue weighted by Crippen LogP contribution is 2.38. The Morgan fingerprint density at radius 1 is 1.23 bits per heavy atom. The first-order valence-corrected chi connectivity index (χ1v) is 7.40. The fourth-order valence-corrected chi connectivity index (χ4v) is 2.70. The van der Waals surface area contributed by atoms with Crippen molar-refractivity contribution in [2.75, 3.05) is 5.32 Å². The zero-order chi connectivity index (χ0) is 15.1. The van der Waals surface area contributed by atoms with Gasteiger partial charge >= 0.3 is 0 Å². The van der Waals surface area contributed by atoms with Crippen LogP contribution in [0, 0.1) is 11.8 Å². The maximum Gasteiger partial charge on any atom is 0.228 e. The van der Waals surface area contributed by atoms with Crippen LogP contribution in [-0.2, 0) is 4.79 Å². The summed E-state index contributed by atoms with van der Waals surface area (Å²) in [7, 11) is 0. The zero-order valence-electron chi connectivity index (χ0n) is 12.2. The molecule has 0 bridgehead atoms. The minimum absolute atomic E-state index is 0.0744. The molecule has 2 heterocycles. The molecular formula is C17H16N4O. The van der Waals surface area contributed by atoms with Crippen molar-refractivity contribution in [2.24, 2.45) is 11.8 Å². The molecule has 2 atom stereocenters. The van der Waals surface area contributed by atoms with Crippen LogP contribution in [0.2, 0.25) is 0 Å². The van der Waals surface area contributed by atoms with Crippen molar-refractivity contribution >= 4 is 22.5 Å². The Bertz CT molecular complexity index is 841. The topological polar surface area (TPSA) is 70.7 Å². The second kappa shape index (κ2) is 4.94. The molecule has 4 rings (SSSR count). The number of nitrogens with zero attached hydrogens (tertiary/aromatic N) is 2. The van der Waals surface area contributed by atoms with E-state index in [9.17, 15) is 4.79 Å². The summed E-state index contributed by atoms with van der Waals surface area (Å²) in [5.74, 6) is 1.33. The first-order valence-electron chi connectivity index (χ1n) is 7.40. The number of carbonyl (C=O) groups excluding carboxylic acids is 1. The number of amides is 1. The highest BCUT2D eigenvalue weighted by molar-refractivity contribution is 5.96. The largest absolute Gasteiger partial charge is 0.310 e. The molecule has 1 aliphatic rings. The number of H-pyrrole nitrogens is 1. The van der Waals surface area contributed by atoms with Crippen LogP contribution in [0.5, 0.6) is 0 Å². The fraction of sp³-hybridized carbons (Fsp3) is 0.235. The van der Waals surface area contributed by atoms with Gasteiger partial charge < -0.3 is 5.32 Å². The van der Waals surface area contributed by atoms with Crippen LogP contribution in [0.4, 0.5) is 5.82 Å². The summed E-state index contributed by atoms with van der Waals surface area (Å²) in [5.41, 5.74) is 2.12. The lowest BCUT2D eigenvalue weighted by molar-refractivity contribution is -0.117. The molecule has 3 aromatic rings. The minimum Gasteiger partial charge on any atom is -0.310 e. The number of anilines is 1. The highest BCUT2D eigenvalue weighted by atomic mass is 16.2. The van der Waals surface area contributed by atoms with Gasteiger partial charge in [-0.05, 0) is 35.4 Å². The summed E-state index contributed by atoms with van der Waals surface area (Å²) in [6.07, 6.45) is 6.42. The predicted molar refractivity (Wildman–Crippen MR) is 85.2 cm³/mol. The minimum atomic E-state index is 0.0744. The van der Waals surface area contributed by atoms with E-state index in [-0.39, 0.29) is 11.8 Å². The molecule has 1 amide bonds. The second-order valence-corrected chi connectivity index (χ2v) is 5.93. The van der Waals surface area contributed by atoms with E-state index in [0.29, 0.717) is 11.7 Å². The lowest BCUT2D eigenvalue weighted by Gasteiger charge is -2.06. The van der Waals surface area contributed by atoms with E-state index < -0.39 is 0 Å². The molecule has 0 radical (unpaired) electrons. The number of aromatic amines is 1. The van der Waals surface area contributed by atoms with Crippen LogP contribution in [0.15, 0.2) is 42.9 Å². The van der Waals surface area contributed by atoms with Crippen molar-refractivity contribution in [1.82, 2.24) is 15.2 Å². The molecule has 0 aliphatic heterocycles. The summed E-state index contributed by atoms with van der Waals surface area (Å²) in [6, 6.07) is 8.07. The Morgan fingerprint density at radius 3 is 2.82 bits per heavy atom. The molecule has 2 aromatic heterocycles. The Balaban J connectivity index is 1.65. The van der Waals surface area contributed by atoms with Gasteiger partial charge in [0.25, 0.3) is 0 Å². The lowest BCUT2D eigenvalue weighted by atomic mass is 10.1. The molecule has 1 aromatic carbocycles. The van der Waals surface area contributed by atoms with E-state index in [1.807, 2.05) is 24.4 Å². The van der Waals surface area contributed by atoms with Crippen LogP contribution in [0.3, 0.4) is 0 Å². The number of benzene rings is 1. The molecule has 1 fully saturated rings. The van der Waals surface area contributed by atoms with Gasteiger partial charge in [0.2, 0.25) is 5.91 Å². The van der Waals surface area contributed by atoms with Crippen molar-refractivity contribution in [2.45, 2.75) is 13.3 Å². The Kier molecular flexibility index (Phi) is 2.92. The third kappa shape index (κ3) is 2.35. The Hall–Kier alpha value is -2.69. The van der Waals surface area contributed by atoms with E-state index in [0.717, 1.165) is 28.3 Å². The molecule has 22 heavy (non-hydrogen) atoms. The summed E-state index contributed by atoms with van der Waals surface area (Å²) < 4.78 is 0. The molecule has 5 nitrogen and oxygen atoms in total.